The standard InChI is InChI=1S/C13H19N3O4S/c1-2-13(7-17,8-18)16-21(19,20)12-6-15-11-5-9(14)3-4-10(11)12/h3-6,15-18H,2,7-8,14H2,1H3. The van der Waals surface area contributed by atoms with Crippen LogP contribution in [0.15, 0.2) is 29.3 Å². The van der Waals surface area contributed by atoms with Crippen LogP contribution in [0.25, 0.3) is 10.9 Å². The number of sulfonamides is 1. The van der Waals surface area contributed by atoms with Crippen LogP contribution in [0.1, 0.15) is 13.3 Å². The number of hydrogen-bond acceptors (Lipinski definition) is 5. The van der Waals surface area contributed by atoms with E-state index >= 15 is 0 Å². The van der Waals surface area contributed by atoms with E-state index in [0.717, 1.165) is 0 Å². The first-order valence-electron chi connectivity index (χ1n) is 6.50. The van der Waals surface area contributed by atoms with Gasteiger partial charge in [0.15, 0.2) is 0 Å². The Balaban J connectivity index is 2.47. The van der Waals surface area contributed by atoms with Crippen molar-refractivity contribution in [1.29, 1.82) is 0 Å². The Kier molecular flexibility index (Phi) is 4.24. The molecule has 2 aromatic rings. The predicted molar refractivity (Wildman–Crippen MR) is 80.2 cm³/mol. The number of aliphatic hydroxyl groups excluding tert-OH is 2. The van der Waals surface area contributed by atoms with Gasteiger partial charge >= 0.3 is 0 Å². The number of rotatable bonds is 6. The lowest BCUT2D eigenvalue weighted by Crippen LogP contribution is -2.53. The molecular formula is C13H19N3O4S. The highest BCUT2D eigenvalue weighted by Crippen LogP contribution is 2.25. The SMILES string of the molecule is CCC(CO)(CO)NS(=O)(=O)c1c[nH]c2cc(N)ccc12. The van der Waals surface area contributed by atoms with Crippen LogP contribution in [0.5, 0.6) is 0 Å². The third kappa shape index (κ3) is 2.88. The number of aliphatic hydroxyl groups is 2. The fourth-order valence-corrected chi connectivity index (χ4v) is 3.72. The van der Waals surface area contributed by atoms with Gasteiger partial charge in [0.2, 0.25) is 10.0 Å². The zero-order chi connectivity index (χ0) is 15.7. The number of nitrogens with one attached hydrogen (secondary N) is 2. The van der Waals surface area contributed by atoms with Gasteiger partial charge in [-0.1, -0.05) is 6.92 Å². The fourth-order valence-electron chi connectivity index (χ4n) is 2.09. The summed E-state index contributed by atoms with van der Waals surface area (Å²) in [6.45, 7) is 0.702. The van der Waals surface area contributed by atoms with Crippen molar-refractivity contribution in [3.63, 3.8) is 0 Å². The number of nitrogens with two attached hydrogens (primary N) is 1. The van der Waals surface area contributed by atoms with Crippen molar-refractivity contribution >= 4 is 26.6 Å². The Labute approximate surface area is 122 Å². The molecule has 0 aliphatic carbocycles. The number of hydrogen-bond donors (Lipinski definition) is 5. The number of aromatic amines is 1. The van der Waals surface area contributed by atoms with Crippen LogP contribution in [0.2, 0.25) is 0 Å². The fraction of sp³-hybridized carbons (Fsp3) is 0.385. The van der Waals surface area contributed by atoms with Gasteiger partial charge < -0.3 is 20.9 Å². The van der Waals surface area contributed by atoms with Gasteiger partial charge in [-0.2, -0.15) is 0 Å². The van der Waals surface area contributed by atoms with Crippen molar-refractivity contribution in [3.8, 4) is 0 Å². The first kappa shape index (κ1) is 15.8. The summed E-state index contributed by atoms with van der Waals surface area (Å²) in [4.78, 5) is 2.90. The van der Waals surface area contributed by atoms with E-state index in [1.54, 1.807) is 25.1 Å². The smallest absolute Gasteiger partial charge is 0.243 e. The van der Waals surface area contributed by atoms with E-state index < -0.39 is 28.8 Å². The number of H-pyrrole nitrogens is 1. The lowest BCUT2D eigenvalue weighted by Gasteiger charge is -2.29. The van der Waals surface area contributed by atoms with E-state index in [4.69, 9.17) is 5.73 Å². The van der Waals surface area contributed by atoms with Gasteiger partial charge in [-0.15, -0.1) is 0 Å². The Morgan fingerprint density at radius 1 is 1.33 bits per heavy atom. The second-order valence-corrected chi connectivity index (χ2v) is 6.66. The van der Waals surface area contributed by atoms with Crippen molar-refractivity contribution in [1.82, 2.24) is 9.71 Å². The second-order valence-electron chi connectivity index (χ2n) is 5.01. The first-order chi connectivity index (χ1) is 9.87. The molecule has 21 heavy (non-hydrogen) atoms. The minimum absolute atomic E-state index is 0.0530. The maximum absolute atomic E-state index is 12.5. The maximum Gasteiger partial charge on any atom is 0.243 e. The van der Waals surface area contributed by atoms with Crippen molar-refractivity contribution in [2.24, 2.45) is 0 Å². The summed E-state index contributed by atoms with van der Waals surface area (Å²) in [7, 11) is -3.89. The lowest BCUT2D eigenvalue weighted by molar-refractivity contribution is 0.105. The number of nitrogen functional groups attached to an aromatic ring is 1. The zero-order valence-electron chi connectivity index (χ0n) is 11.6. The molecule has 2 rings (SSSR count). The lowest BCUT2D eigenvalue weighted by atomic mass is 10.0. The van der Waals surface area contributed by atoms with E-state index in [1.165, 1.54) is 6.20 Å². The number of anilines is 1. The molecule has 8 heteroatoms. The molecule has 1 heterocycles. The molecule has 0 saturated heterocycles. The van der Waals surface area contributed by atoms with E-state index in [0.29, 0.717) is 16.6 Å². The molecule has 0 bridgehead atoms. The van der Waals surface area contributed by atoms with Crippen LogP contribution in [-0.2, 0) is 10.0 Å². The molecule has 0 aliphatic rings. The van der Waals surface area contributed by atoms with E-state index in [1.807, 2.05) is 0 Å². The number of fused-ring (bicyclic) bond motifs is 1. The molecule has 7 nitrogen and oxygen atoms in total. The zero-order valence-corrected chi connectivity index (χ0v) is 12.4. The molecule has 0 aliphatic heterocycles. The van der Waals surface area contributed by atoms with Crippen LogP contribution in [-0.4, -0.2) is 42.4 Å². The summed E-state index contributed by atoms with van der Waals surface area (Å²) in [5, 5.41) is 19.2. The van der Waals surface area contributed by atoms with Gasteiger partial charge in [0, 0.05) is 22.8 Å². The van der Waals surface area contributed by atoms with Crippen LogP contribution in [0.4, 0.5) is 5.69 Å². The Morgan fingerprint density at radius 3 is 2.57 bits per heavy atom. The van der Waals surface area contributed by atoms with E-state index in [9.17, 15) is 18.6 Å². The number of benzene rings is 1. The van der Waals surface area contributed by atoms with Gasteiger partial charge in [-0.05, 0) is 24.6 Å². The molecule has 0 saturated carbocycles. The van der Waals surface area contributed by atoms with E-state index in [-0.39, 0.29) is 11.3 Å². The summed E-state index contributed by atoms with van der Waals surface area (Å²) >= 11 is 0. The summed E-state index contributed by atoms with van der Waals surface area (Å²) in [5.74, 6) is 0. The van der Waals surface area contributed by atoms with Gasteiger partial charge in [0.05, 0.1) is 18.8 Å². The van der Waals surface area contributed by atoms with Crippen LogP contribution >= 0.6 is 0 Å². The molecule has 0 amide bonds. The van der Waals surface area contributed by atoms with Crippen molar-refractivity contribution in [3.05, 3.63) is 24.4 Å². The van der Waals surface area contributed by atoms with Crippen LogP contribution in [0.3, 0.4) is 0 Å². The summed E-state index contributed by atoms with van der Waals surface area (Å²) < 4.78 is 27.4. The molecule has 116 valence electrons. The highest BCUT2D eigenvalue weighted by Gasteiger charge is 2.33. The Hall–Kier alpha value is -1.61. The summed E-state index contributed by atoms with van der Waals surface area (Å²) in [5.41, 5.74) is 5.50. The van der Waals surface area contributed by atoms with Crippen LogP contribution in [0, 0.1) is 0 Å². The molecule has 0 radical (unpaired) electrons. The number of aromatic nitrogens is 1. The molecule has 1 aromatic carbocycles. The topological polar surface area (TPSA) is 128 Å². The summed E-state index contributed by atoms with van der Waals surface area (Å²) in [6, 6.07) is 4.86. The quantitative estimate of drug-likeness (QED) is 0.485. The maximum atomic E-state index is 12.5. The molecule has 1 aromatic heterocycles. The molecule has 0 atom stereocenters. The van der Waals surface area contributed by atoms with Gasteiger partial charge in [0.1, 0.15) is 4.90 Å². The van der Waals surface area contributed by atoms with Crippen LogP contribution < -0.4 is 10.5 Å². The largest absolute Gasteiger partial charge is 0.399 e. The van der Waals surface area contributed by atoms with Crippen molar-refractivity contribution in [2.45, 2.75) is 23.8 Å². The molecular weight excluding hydrogens is 294 g/mol. The van der Waals surface area contributed by atoms with Gasteiger partial charge in [0.25, 0.3) is 0 Å². The highest BCUT2D eigenvalue weighted by atomic mass is 32.2. The molecule has 0 unspecified atom stereocenters. The third-order valence-electron chi connectivity index (χ3n) is 3.59. The monoisotopic (exact) mass is 313 g/mol. The predicted octanol–water partition coefficient (Wildman–Crippen LogP) is 0.162. The minimum Gasteiger partial charge on any atom is -0.399 e. The molecule has 6 N–H and O–H groups in total. The first-order valence-corrected chi connectivity index (χ1v) is 7.98. The highest BCUT2D eigenvalue weighted by molar-refractivity contribution is 7.89. The Morgan fingerprint density at radius 2 is 2.00 bits per heavy atom. The second kappa shape index (κ2) is 5.64. The van der Waals surface area contributed by atoms with E-state index in [2.05, 4.69) is 9.71 Å². The van der Waals surface area contributed by atoms with Crippen molar-refractivity contribution < 1.29 is 18.6 Å². The molecule has 0 fully saturated rings. The van der Waals surface area contributed by atoms with Gasteiger partial charge in [-0.25, -0.2) is 13.1 Å². The third-order valence-corrected chi connectivity index (χ3v) is 5.21. The average molecular weight is 313 g/mol. The van der Waals surface area contributed by atoms with Gasteiger partial charge in [-0.3, -0.25) is 0 Å². The summed E-state index contributed by atoms with van der Waals surface area (Å²) in [6.07, 6.45) is 1.62. The Bertz CT molecular complexity index is 727. The minimum atomic E-state index is -3.89. The van der Waals surface area contributed by atoms with Crippen molar-refractivity contribution in [2.75, 3.05) is 18.9 Å². The normalized spacial score (nSPS) is 12.9. The molecule has 0 spiro atoms. The average Bonchev–Trinajstić information content (AvgIpc) is 2.88.